The number of carbonyl (C=O) groups excluding carboxylic acids is 1. The first-order chi connectivity index (χ1) is 9.22. The van der Waals surface area contributed by atoms with E-state index in [1.54, 1.807) is 34.4 Å². The van der Waals surface area contributed by atoms with Crippen molar-refractivity contribution >= 4 is 17.2 Å². The lowest BCUT2D eigenvalue weighted by Gasteiger charge is -2.20. The van der Waals surface area contributed by atoms with E-state index in [0.717, 1.165) is 4.88 Å². The summed E-state index contributed by atoms with van der Waals surface area (Å²) in [4.78, 5) is 15.0. The summed E-state index contributed by atoms with van der Waals surface area (Å²) in [5.41, 5.74) is 0.0981. The molecule has 0 radical (unpaired) electrons. The summed E-state index contributed by atoms with van der Waals surface area (Å²) in [5, 5.41) is 1.95. The molecule has 4 heteroatoms. The van der Waals surface area contributed by atoms with Crippen LogP contribution in [-0.2, 0) is 6.54 Å². The lowest BCUT2D eigenvalue weighted by molar-refractivity contribution is 0.0759. The monoisotopic (exact) mass is 275 g/mol. The van der Waals surface area contributed by atoms with Gasteiger partial charge in [0.2, 0.25) is 0 Å². The Balaban J connectivity index is 2.21. The minimum Gasteiger partial charge on any atom is -0.330 e. The Morgan fingerprint density at radius 3 is 2.74 bits per heavy atom. The maximum Gasteiger partial charge on any atom is 0.257 e. The molecule has 19 heavy (non-hydrogen) atoms. The molecule has 0 saturated heterocycles. The Morgan fingerprint density at radius 2 is 2.11 bits per heavy atom. The molecule has 1 amide bonds. The molecule has 0 aliphatic rings. The van der Waals surface area contributed by atoms with Gasteiger partial charge in [0.25, 0.3) is 5.91 Å². The van der Waals surface area contributed by atoms with Gasteiger partial charge in [-0.15, -0.1) is 17.9 Å². The predicted octanol–water partition coefficient (Wildman–Crippen LogP) is 3.72. The first-order valence-corrected chi connectivity index (χ1v) is 6.77. The van der Waals surface area contributed by atoms with Crippen molar-refractivity contribution in [3.63, 3.8) is 0 Å². The molecule has 2 aromatic rings. The third kappa shape index (κ3) is 3.29. The molecule has 0 atom stereocenters. The summed E-state index contributed by atoms with van der Waals surface area (Å²) in [7, 11) is 0. The van der Waals surface area contributed by atoms with Crippen LogP contribution in [0.1, 0.15) is 15.2 Å². The lowest BCUT2D eigenvalue weighted by atomic mass is 10.2. The first kappa shape index (κ1) is 13.5. The topological polar surface area (TPSA) is 20.3 Å². The van der Waals surface area contributed by atoms with Crippen LogP contribution < -0.4 is 0 Å². The van der Waals surface area contributed by atoms with E-state index in [1.165, 1.54) is 12.1 Å². The Morgan fingerprint density at radius 1 is 1.32 bits per heavy atom. The van der Waals surface area contributed by atoms with Gasteiger partial charge >= 0.3 is 0 Å². The Labute approximate surface area is 115 Å². The number of halogens is 1. The van der Waals surface area contributed by atoms with Crippen LogP contribution in [0.5, 0.6) is 0 Å². The molecule has 2 nitrogen and oxygen atoms in total. The van der Waals surface area contributed by atoms with Gasteiger partial charge in [-0.25, -0.2) is 4.39 Å². The molecule has 0 spiro atoms. The molecule has 0 bridgehead atoms. The van der Waals surface area contributed by atoms with Gasteiger partial charge in [0, 0.05) is 11.4 Å². The highest BCUT2D eigenvalue weighted by atomic mass is 32.1. The van der Waals surface area contributed by atoms with Crippen molar-refractivity contribution in [2.24, 2.45) is 0 Å². The van der Waals surface area contributed by atoms with E-state index in [0.29, 0.717) is 13.1 Å². The van der Waals surface area contributed by atoms with E-state index < -0.39 is 5.82 Å². The maximum absolute atomic E-state index is 13.6. The zero-order valence-corrected chi connectivity index (χ0v) is 11.2. The van der Waals surface area contributed by atoms with Crippen molar-refractivity contribution < 1.29 is 9.18 Å². The number of rotatable bonds is 5. The number of amides is 1. The van der Waals surface area contributed by atoms with E-state index in [-0.39, 0.29) is 11.5 Å². The summed E-state index contributed by atoms with van der Waals surface area (Å²) in [6.45, 7) is 4.51. The summed E-state index contributed by atoms with van der Waals surface area (Å²) >= 11 is 1.57. The number of hydrogen-bond donors (Lipinski definition) is 0. The van der Waals surface area contributed by atoms with Crippen molar-refractivity contribution in [2.75, 3.05) is 6.54 Å². The second-order valence-corrected chi connectivity index (χ2v) is 5.07. The summed E-state index contributed by atoms with van der Waals surface area (Å²) in [5.74, 6) is -0.806. The molecular weight excluding hydrogens is 261 g/mol. The Kier molecular flexibility index (Phi) is 4.47. The molecule has 0 N–H and O–H groups in total. The standard InChI is InChI=1S/C15H14FNOS/c1-2-9-17(11-12-6-5-10-19-12)15(18)13-7-3-4-8-14(13)16/h2-8,10H,1,9,11H2. The highest BCUT2D eigenvalue weighted by Gasteiger charge is 2.18. The summed E-state index contributed by atoms with van der Waals surface area (Å²) in [6.07, 6.45) is 1.65. The van der Waals surface area contributed by atoms with Gasteiger partial charge < -0.3 is 4.90 Å². The molecule has 0 fully saturated rings. The summed E-state index contributed by atoms with van der Waals surface area (Å²) < 4.78 is 13.6. The fourth-order valence-electron chi connectivity index (χ4n) is 1.77. The zero-order chi connectivity index (χ0) is 13.7. The molecular formula is C15H14FNOS. The van der Waals surface area contributed by atoms with Crippen LogP contribution in [0.4, 0.5) is 4.39 Å². The fourth-order valence-corrected chi connectivity index (χ4v) is 2.49. The second kappa shape index (κ2) is 6.29. The Hall–Kier alpha value is -1.94. The lowest BCUT2D eigenvalue weighted by Crippen LogP contribution is -2.31. The van der Waals surface area contributed by atoms with E-state index >= 15 is 0 Å². The van der Waals surface area contributed by atoms with Gasteiger partial charge in [0.1, 0.15) is 5.82 Å². The molecule has 0 unspecified atom stereocenters. The molecule has 98 valence electrons. The predicted molar refractivity (Wildman–Crippen MR) is 75.7 cm³/mol. The average Bonchev–Trinajstić information content (AvgIpc) is 2.91. The van der Waals surface area contributed by atoms with Crippen LogP contribution in [0, 0.1) is 5.82 Å². The minimum atomic E-state index is -0.493. The smallest absolute Gasteiger partial charge is 0.257 e. The minimum absolute atomic E-state index is 0.0981. The van der Waals surface area contributed by atoms with E-state index in [2.05, 4.69) is 6.58 Å². The van der Waals surface area contributed by atoms with E-state index in [1.807, 2.05) is 17.5 Å². The molecule has 1 heterocycles. The summed E-state index contributed by atoms with van der Waals surface area (Å²) in [6, 6.07) is 9.92. The van der Waals surface area contributed by atoms with Crippen LogP contribution in [-0.4, -0.2) is 17.4 Å². The van der Waals surface area contributed by atoms with Crippen LogP contribution in [0.3, 0.4) is 0 Å². The second-order valence-electron chi connectivity index (χ2n) is 4.03. The SMILES string of the molecule is C=CCN(Cc1cccs1)C(=O)c1ccccc1F. The quantitative estimate of drug-likeness (QED) is 0.762. The van der Waals surface area contributed by atoms with Gasteiger partial charge in [-0.2, -0.15) is 0 Å². The molecule has 0 aliphatic carbocycles. The highest BCUT2D eigenvalue weighted by molar-refractivity contribution is 7.09. The average molecular weight is 275 g/mol. The van der Waals surface area contributed by atoms with Crippen LogP contribution >= 0.6 is 11.3 Å². The zero-order valence-electron chi connectivity index (χ0n) is 10.4. The maximum atomic E-state index is 13.6. The van der Waals surface area contributed by atoms with E-state index in [9.17, 15) is 9.18 Å². The van der Waals surface area contributed by atoms with Gasteiger partial charge in [0.05, 0.1) is 12.1 Å². The van der Waals surface area contributed by atoms with Crippen LogP contribution in [0.15, 0.2) is 54.4 Å². The number of carbonyl (C=O) groups is 1. The normalized spacial score (nSPS) is 10.2. The third-order valence-electron chi connectivity index (χ3n) is 2.67. The van der Waals surface area contributed by atoms with Crippen molar-refractivity contribution in [3.8, 4) is 0 Å². The van der Waals surface area contributed by atoms with Crippen molar-refractivity contribution in [1.29, 1.82) is 0 Å². The largest absolute Gasteiger partial charge is 0.330 e. The number of hydrogen-bond acceptors (Lipinski definition) is 2. The van der Waals surface area contributed by atoms with Crippen molar-refractivity contribution in [2.45, 2.75) is 6.54 Å². The molecule has 0 aliphatic heterocycles. The van der Waals surface area contributed by atoms with Crippen molar-refractivity contribution in [1.82, 2.24) is 4.90 Å². The van der Waals surface area contributed by atoms with Gasteiger partial charge in [-0.1, -0.05) is 24.3 Å². The molecule has 1 aromatic carbocycles. The van der Waals surface area contributed by atoms with E-state index in [4.69, 9.17) is 0 Å². The van der Waals surface area contributed by atoms with Crippen LogP contribution in [0.25, 0.3) is 0 Å². The number of thiophene rings is 1. The highest BCUT2D eigenvalue weighted by Crippen LogP contribution is 2.16. The Bertz CT molecular complexity index is 565. The molecule has 1 aromatic heterocycles. The number of nitrogens with zero attached hydrogens (tertiary/aromatic N) is 1. The number of benzene rings is 1. The van der Waals surface area contributed by atoms with Gasteiger partial charge in [-0.3, -0.25) is 4.79 Å². The molecule has 0 saturated carbocycles. The first-order valence-electron chi connectivity index (χ1n) is 5.89. The van der Waals surface area contributed by atoms with Crippen LogP contribution in [0.2, 0.25) is 0 Å². The van der Waals surface area contributed by atoms with Crippen molar-refractivity contribution in [3.05, 3.63) is 70.7 Å². The van der Waals surface area contributed by atoms with Gasteiger partial charge in [0.15, 0.2) is 0 Å². The fraction of sp³-hybridized carbons (Fsp3) is 0.133. The third-order valence-corrected chi connectivity index (χ3v) is 3.53. The molecule has 2 rings (SSSR count). The van der Waals surface area contributed by atoms with Gasteiger partial charge in [-0.05, 0) is 23.6 Å².